The molecule has 1 aliphatic rings. The average Bonchev–Trinajstić information content (AvgIpc) is 2.41. The van der Waals surface area contributed by atoms with Gasteiger partial charge in [0.05, 0.1) is 11.0 Å². The fraction of sp³-hybridized carbons (Fsp3) is 0.538. The lowest BCUT2D eigenvalue weighted by atomic mass is 9.85. The summed E-state index contributed by atoms with van der Waals surface area (Å²) in [6.07, 6.45) is 0.320. The minimum atomic E-state index is -0.734. The van der Waals surface area contributed by atoms with E-state index in [2.05, 4.69) is 5.32 Å². The molecule has 6 nitrogen and oxygen atoms in total. The molecule has 1 aromatic rings. The van der Waals surface area contributed by atoms with E-state index in [0.29, 0.717) is 13.0 Å². The number of likely N-dealkylation sites (N-methyl/N-ethyl adjacent to an activating group) is 1. The third-order valence-corrected chi connectivity index (χ3v) is 3.38. The van der Waals surface area contributed by atoms with Crippen LogP contribution in [0.25, 0.3) is 0 Å². The van der Waals surface area contributed by atoms with E-state index in [1.807, 2.05) is 14.0 Å². The molecule has 0 aliphatic heterocycles. The largest absolute Gasteiger partial charge is 0.485 e. The van der Waals surface area contributed by atoms with Crippen LogP contribution in [-0.2, 0) is 4.74 Å². The Kier molecular flexibility index (Phi) is 4.51. The van der Waals surface area contributed by atoms with Gasteiger partial charge in [-0.25, -0.2) is 4.39 Å². The summed E-state index contributed by atoms with van der Waals surface area (Å²) in [7, 11) is 1.83. The fourth-order valence-electron chi connectivity index (χ4n) is 2.26. The number of hydrogen-bond donors (Lipinski definition) is 1. The van der Waals surface area contributed by atoms with Crippen molar-refractivity contribution in [2.24, 2.45) is 0 Å². The molecule has 1 aliphatic carbocycles. The highest BCUT2D eigenvalue weighted by Crippen LogP contribution is 2.31. The normalized spacial score (nSPS) is 25.1. The lowest BCUT2D eigenvalue weighted by Crippen LogP contribution is -2.60. The molecule has 20 heavy (non-hydrogen) atoms. The number of rotatable bonds is 6. The first-order valence-electron chi connectivity index (χ1n) is 6.46. The highest BCUT2D eigenvalue weighted by atomic mass is 19.1. The van der Waals surface area contributed by atoms with Gasteiger partial charge in [0.15, 0.2) is 11.6 Å². The summed E-state index contributed by atoms with van der Waals surface area (Å²) < 4.78 is 24.8. The third kappa shape index (κ3) is 2.88. The van der Waals surface area contributed by atoms with Gasteiger partial charge < -0.3 is 14.8 Å². The van der Waals surface area contributed by atoms with Gasteiger partial charge in [-0.15, -0.1) is 0 Å². The van der Waals surface area contributed by atoms with E-state index in [1.165, 1.54) is 12.1 Å². The summed E-state index contributed by atoms with van der Waals surface area (Å²) in [6, 6.07) is 3.55. The topological polar surface area (TPSA) is 73.6 Å². The van der Waals surface area contributed by atoms with Crippen molar-refractivity contribution >= 4 is 5.69 Å². The second-order valence-electron chi connectivity index (χ2n) is 4.58. The summed E-state index contributed by atoms with van der Waals surface area (Å²) in [5, 5.41) is 13.6. The van der Waals surface area contributed by atoms with Gasteiger partial charge in [0.1, 0.15) is 12.2 Å². The zero-order valence-electron chi connectivity index (χ0n) is 11.3. The van der Waals surface area contributed by atoms with Gasteiger partial charge in [-0.1, -0.05) is 0 Å². The van der Waals surface area contributed by atoms with Gasteiger partial charge in [-0.3, -0.25) is 10.1 Å². The summed E-state index contributed by atoms with van der Waals surface area (Å²) in [5.41, 5.74) is -0.294. The van der Waals surface area contributed by atoms with Crippen LogP contribution in [0.2, 0.25) is 0 Å². The fourth-order valence-corrected chi connectivity index (χ4v) is 2.26. The molecule has 1 N–H and O–H groups in total. The number of non-ortho nitro benzene ring substituents is 1. The SMILES string of the molecule is CCOC1C(NC)CC1Oc1ccc([N+](=O)[O-])cc1F. The number of nitrogens with zero attached hydrogens (tertiary/aromatic N) is 1. The van der Waals surface area contributed by atoms with Crippen molar-refractivity contribution in [3.63, 3.8) is 0 Å². The van der Waals surface area contributed by atoms with Crippen LogP contribution in [0.15, 0.2) is 18.2 Å². The number of ether oxygens (including phenoxy) is 2. The molecule has 0 bridgehead atoms. The Morgan fingerprint density at radius 3 is 2.85 bits per heavy atom. The smallest absolute Gasteiger partial charge is 0.272 e. The molecule has 0 spiro atoms. The number of benzene rings is 1. The number of nitro groups is 1. The quantitative estimate of drug-likeness (QED) is 0.637. The highest BCUT2D eigenvalue weighted by molar-refractivity contribution is 5.37. The molecule has 0 heterocycles. The van der Waals surface area contributed by atoms with Crippen molar-refractivity contribution < 1.29 is 18.8 Å². The Morgan fingerprint density at radius 2 is 2.30 bits per heavy atom. The van der Waals surface area contributed by atoms with E-state index in [-0.39, 0.29) is 29.7 Å². The van der Waals surface area contributed by atoms with Gasteiger partial charge in [0, 0.05) is 25.1 Å². The summed E-state index contributed by atoms with van der Waals surface area (Å²) in [4.78, 5) is 9.90. The Hall–Kier alpha value is -1.73. The Balaban J connectivity index is 2.05. The molecule has 0 aromatic heterocycles. The van der Waals surface area contributed by atoms with Crippen molar-refractivity contribution in [1.29, 1.82) is 0 Å². The molecule has 7 heteroatoms. The van der Waals surface area contributed by atoms with E-state index in [4.69, 9.17) is 9.47 Å². The summed E-state index contributed by atoms with van der Waals surface area (Å²) in [6.45, 7) is 2.43. The second kappa shape index (κ2) is 6.15. The second-order valence-corrected chi connectivity index (χ2v) is 4.58. The van der Waals surface area contributed by atoms with Crippen molar-refractivity contribution in [3.05, 3.63) is 34.1 Å². The zero-order valence-corrected chi connectivity index (χ0v) is 11.3. The van der Waals surface area contributed by atoms with Gasteiger partial charge in [-0.05, 0) is 20.0 Å². The van der Waals surface area contributed by atoms with Crippen molar-refractivity contribution in [2.75, 3.05) is 13.7 Å². The number of nitro benzene ring substituents is 1. The van der Waals surface area contributed by atoms with E-state index < -0.39 is 10.7 Å². The maximum absolute atomic E-state index is 13.7. The number of nitrogens with one attached hydrogen (secondary N) is 1. The van der Waals surface area contributed by atoms with E-state index >= 15 is 0 Å². The van der Waals surface area contributed by atoms with Gasteiger partial charge in [-0.2, -0.15) is 0 Å². The zero-order chi connectivity index (χ0) is 14.7. The first-order chi connectivity index (χ1) is 9.56. The maximum Gasteiger partial charge on any atom is 0.272 e. The van der Waals surface area contributed by atoms with Gasteiger partial charge >= 0.3 is 0 Å². The molecule has 3 unspecified atom stereocenters. The predicted octanol–water partition coefficient (Wildman–Crippen LogP) is 1.88. The monoisotopic (exact) mass is 284 g/mol. The number of hydrogen-bond acceptors (Lipinski definition) is 5. The number of halogens is 1. The maximum atomic E-state index is 13.7. The van der Waals surface area contributed by atoms with Crippen molar-refractivity contribution in [3.8, 4) is 5.75 Å². The first kappa shape index (κ1) is 14.7. The Bertz CT molecular complexity index is 497. The lowest BCUT2D eigenvalue weighted by Gasteiger charge is -2.43. The van der Waals surface area contributed by atoms with Crippen molar-refractivity contribution in [2.45, 2.75) is 31.6 Å². The molecule has 0 amide bonds. The molecular formula is C13H17FN2O4. The summed E-state index contributed by atoms with van der Waals surface area (Å²) in [5.74, 6) is -0.720. The van der Waals surface area contributed by atoms with Gasteiger partial charge in [0.2, 0.25) is 0 Å². The Morgan fingerprint density at radius 1 is 1.55 bits per heavy atom. The van der Waals surface area contributed by atoms with Crippen LogP contribution >= 0.6 is 0 Å². The Labute approximate surface area is 116 Å². The molecule has 0 radical (unpaired) electrons. The van der Waals surface area contributed by atoms with E-state index in [1.54, 1.807) is 0 Å². The van der Waals surface area contributed by atoms with Gasteiger partial charge in [0.25, 0.3) is 5.69 Å². The van der Waals surface area contributed by atoms with Crippen LogP contribution in [-0.4, -0.2) is 36.8 Å². The predicted molar refractivity (Wildman–Crippen MR) is 70.3 cm³/mol. The standard InChI is InChI=1S/C13H17FN2O4/c1-3-19-13-10(15-2)7-12(13)20-11-5-4-8(16(17)18)6-9(11)14/h4-6,10,12-13,15H,3,7H2,1-2H3. The van der Waals surface area contributed by atoms with Crippen LogP contribution < -0.4 is 10.1 Å². The van der Waals surface area contributed by atoms with Crippen molar-refractivity contribution in [1.82, 2.24) is 5.32 Å². The van der Waals surface area contributed by atoms with E-state index in [9.17, 15) is 14.5 Å². The molecular weight excluding hydrogens is 267 g/mol. The minimum Gasteiger partial charge on any atom is -0.485 e. The minimum absolute atomic E-state index is 0.0138. The van der Waals surface area contributed by atoms with Crippen LogP contribution in [0.1, 0.15) is 13.3 Å². The molecule has 0 saturated heterocycles. The van der Waals surface area contributed by atoms with E-state index in [0.717, 1.165) is 6.07 Å². The molecule has 1 fully saturated rings. The molecule has 1 aromatic carbocycles. The summed E-state index contributed by atoms with van der Waals surface area (Å²) >= 11 is 0. The molecule has 110 valence electrons. The molecule has 1 saturated carbocycles. The van der Waals surface area contributed by atoms with Crippen LogP contribution in [0.3, 0.4) is 0 Å². The molecule has 3 atom stereocenters. The average molecular weight is 284 g/mol. The van der Waals surface area contributed by atoms with Crippen LogP contribution in [0.5, 0.6) is 5.75 Å². The molecule has 2 rings (SSSR count). The third-order valence-electron chi connectivity index (χ3n) is 3.38. The van der Waals surface area contributed by atoms with Crippen LogP contribution in [0.4, 0.5) is 10.1 Å². The lowest BCUT2D eigenvalue weighted by molar-refractivity contribution is -0.385. The van der Waals surface area contributed by atoms with Crippen LogP contribution in [0, 0.1) is 15.9 Å². The first-order valence-corrected chi connectivity index (χ1v) is 6.46. The highest BCUT2D eigenvalue weighted by Gasteiger charge is 2.43.